The highest BCUT2D eigenvalue weighted by atomic mass is 14.9. The molecule has 0 amide bonds. The molecule has 98 valence electrons. The minimum atomic E-state index is 0.539. The van der Waals surface area contributed by atoms with E-state index in [0.717, 1.165) is 6.54 Å². The predicted octanol–water partition coefficient (Wildman–Crippen LogP) is 4.76. The van der Waals surface area contributed by atoms with Crippen molar-refractivity contribution in [3.05, 3.63) is 0 Å². The van der Waals surface area contributed by atoms with Gasteiger partial charge in [-0.3, -0.25) is 0 Å². The van der Waals surface area contributed by atoms with Gasteiger partial charge in [0.15, 0.2) is 0 Å². The van der Waals surface area contributed by atoms with E-state index in [9.17, 15) is 0 Å². The Labute approximate surface area is 103 Å². The van der Waals surface area contributed by atoms with E-state index in [4.69, 9.17) is 0 Å². The van der Waals surface area contributed by atoms with Crippen LogP contribution in [0, 0.1) is 5.41 Å². The number of unbranched alkanes of at least 4 members (excludes halogenated alkanes) is 4. The predicted molar refractivity (Wildman–Crippen MR) is 74.9 cm³/mol. The SMILES string of the molecule is CCCCCCCC(C)(CCC)CNCC. The molecule has 1 nitrogen and oxygen atoms in total. The molecule has 1 atom stereocenters. The van der Waals surface area contributed by atoms with Crippen molar-refractivity contribution in [1.82, 2.24) is 5.32 Å². The van der Waals surface area contributed by atoms with Crippen molar-refractivity contribution in [3.8, 4) is 0 Å². The van der Waals surface area contributed by atoms with Crippen LogP contribution in [0.4, 0.5) is 0 Å². The molecule has 0 saturated heterocycles. The molecule has 0 spiro atoms. The lowest BCUT2D eigenvalue weighted by Gasteiger charge is -2.29. The first-order chi connectivity index (χ1) is 7.68. The topological polar surface area (TPSA) is 12.0 Å². The Kier molecular flexibility index (Phi) is 10.1. The summed E-state index contributed by atoms with van der Waals surface area (Å²) < 4.78 is 0. The van der Waals surface area contributed by atoms with Crippen LogP contribution >= 0.6 is 0 Å². The van der Waals surface area contributed by atoms with Crippen LogP contribution in [0.5, 0.6) is 0 Å². The molecule has 1 heteroatoms. The molecule has 0 aromatic rings. The monoisotopic (exact) mass is 227 g/mol. The molecule has 0 saturated carbocycles. The third kappa shape index (κ3) is 8.15. The lowest BCUT2D eigenvalue weighted by Crippen LogP contribution is -2.31. The van der Waals surface area contributed by atoms with Crippen LogP contribution in [0.3, 0.4) is 0 Å². The van der Waals surface area contributed by atoms with E-state index in [1.807, 2.05) is 0 Å². The molecule has 0 heterocycles. The van der Waals surface area contributed by atoms with Crippen LogP contribution in [-0.4, -0.2) is 13.1 Å². The molecule has 0 bridgehead atoms. The van der Waals surface area contributed by atoms with Crippen molar-refractivity contribution in [1.29, 1.82) is 0 Å². The standard InChI is InChI=1S/C15H33N/c1-5-8-9-10-11-13-15(4,12-6-2)14-16-7-3/h16H,5-14H2,1-4H3. The lowest BCUT2D eigenvalue weighted by molar-refractivity contribution is 0.248. The van der Waals surface area contributed by atoms with Gasteiger partial charge in [-0.15, -0.1) is 0 Å². The van der Waals surface area contributed by atoms with Gasteiger partial charge in [0.05, 0.1) is 0 Å². The number of nitrogens with one attached hydrogen (secondary N) is 1. The van der Waals surface area contributed by atoms with Gasteiger partial charge < -0.3 is 5.32 Å². The lowest BCUT2D eigenvalue weighted by atomic mass is 9.80. The van der Waals surface area contributed by atoms with Gasteiger partial charge in [-0.1, -0.05) is 66.2 Å². The molecule has 1 N–H and O–H groups in total. The maximum atomic E-state index is 3.53. The first-order valence-corrected chi connectivity index (χ1v) is 7.39. The number of hydrogen-bond acceptors (Lipinski definition) is 1. The van der Waals surface area contributed by atoms with Gasteiger partial charge in [0, 0.05) is 6.54 Å². The summed E-state index contributed by atoms with van der Waals surface area (Å²) in [7, 11) is 0. The fourth-order valence-corrected chi connectivity index (χ4v) is 2.49. The molecular weight excluding hydrogens is 194 g/mol. The highest BCUT2D eigenvalue weighted by Crippen LogP contribution is 2.29. The van der Waals surface area contributed by atoms with Gasteiger partial charge in [0.1, 0.15) is 0 Å². The van der Waals surface area contributed by atoms with Crippen molar-refractivity contribution in [2.75, 3.05) is 13.1 Å². The minimum absolute atomic E-state index is 0.539. The Morgan fingerprint density at radius 1 is 0.812 bits per heavy atom. The second-order valence-corrected chi connectivity index (χ2v) is 5.51. The van der Waals surface area contributed by atoms with E-state index in [-0.39, 0.29) is 0 Å². The third-order valence-corrected chi connectivity index (χ3v) is 3.54. The Morgan fingerprint density at radius 2 is 1.50 bits per heavy atom. The summed E-state index contributed by atoms with van der Waals surface area (Å²) in [6.07, 6.45) is 11.1. The van der Waals surface area contributed by atoms with E-state index in [2.05, 4.69) is 33.0 Å². The summed E-state index contributed by atoms with van der Waals surface area (Å²) in [6, 6.07) is 0. The Hall–Kier alpha value is -0.0400. The summed E-state index contributed by atoms with van der Waals surface area (Å²) in [5.74, 6) is 0. The first-order valence-electron chi connectivity index (χ1n) is 7.39. The van der Waals surface area contributed by atoms with E-state index in [1.54, 1.807) is 0 Å². The molecule has 0 rings (SSSR count). The van der Waals surface area contributed by atoms with Crippen molar-refractivity contribution in [2.45, 2.75) is 79.1 Å². The Balaban J connectivity index is 3.73. The average Bonchev–Trinajstić information content (AvgIpc) is 2.27. The molecule has 0 aromatic carbocycles. The summed E-state index contributed by atoms with van der Waals surface area (Å²) in [4.78, 5) is 0. The number of hydrogen-bond donors (Lipinski definition) is 1. The van der Waals surface area contributed by atoms with E-state index in [1.165, 1.54) is 57.9 Å². The van der Waals surface area contributed by atoms with Gasteiger partial charge >= 0.3 is 0 Å². The molecule has 0 fully saturated rings. The largest absolute Gasteiger partial charge is 0.316 e. The molecule has 0 aromatic heterocycles. The highest BCUT2D eigenvalue weighted by molar-refractivity contribution is 4.76. The van der Waals surface area contributed by atoms with Gasteiger partial charge in [0.2, 0.25) is 0 Å². The molecular formula is C15H33N. The van der Waals surface area contributed by atoms with Crippen LogP contribution in [-0.2, 0) is 0 Å². The zero-order valence-electron chi connectivity index (χ0n) is 12.1. The molecule has 0 radical (unpaired) electrons. The molecule has 0 aliphatic heterocycles. The van der Waals surface area contributed by atoms with Gasteiger partial charge in [-0.25, -0.2) is 0 Å². The summed E-state index contributed by atoms with van der Waals surface area (Å²) in [5.41, 5.74) is 0.539. The number of rotatable bonds is 11. The summed E-state index contributed by atoms with van der Waals surface area (Å²) >= 11 is 0. The van der Waals surface area contributed by atoms with Crippen LogP contribution in [0.25, 0.3) is 0 Å². The maximum Gasteiger partial charge on any atom is 0.000504 e. The average molecular weight is 227 g/mol. The summed E-state index contributed by atoms with van der Waals surface area (Å²) in [6.45, 7) is 11.6. The zero-order chi connectivity index (χ0) is 12.3. The molecule has 16 heavy (non-hydrogen) atoms. The van der Waals surface area contributed by atoms with Crippen LogP contribution in [0.15, 0.2) is 0 Å². The van der Waals surface area contributed by atoms with Crippen molar-refractivity contribution >= 4 is 0 Å². The first kappa shape index (κ1) is 16.0. The zero-order valence-corrected chi connectivity index (χ0v) is 12.1. The smallest absolute Gasteiger partial charge is 0.000504 e. The van der Waals surface area contributed by atoms with Crippen molar-refractivity contribution in [2.24, 2.45) is 5.41 Å². The fraction of sp³-hybridized carbons (Fsp3) is 1.00. The highest BCUT2D eigenvalue weighted by Gasteiger charge is 2.21. The molecule has 0 aliphatic carbocycles. The third-order valence-electron chi connectivity index (χ3n) is 3.54. The van der Waals surface area contributed by atoms with Gasteiger partial charge in [-0.05, 0) is 24.8 Å². The Morgan fingerprint density at radius 3 is 2.06 bits per heavy atom. The molecule has 0 aliphatic rings. The van der Waals surface area contributed by atoms with E-state index in [0.29, 0.717) is 5.41 Å². The maximum absolute atomic E-state index is 3.53. The van der Waals surface area contributed by atoms with Crippen LogP contribution in [0.2, 0.25) is 0 Å². The second-order valence-electron chi connectivity index (χ2n) is 5.51. The van der Waals surface area contributed by atoms with Gasteiger partial charge in [-0.2, -0.15) is 0 Å². The second kappa shape index (κ2) is 10.1. The molecule has 1 unspecified atom stereocenters. The minimum Gasteiger partial charge on any atom is -0.316 e. The summed E-state index contributed by atoms with van der Waals surface area (Å²) in [5, 5.41) is 3.53. The Bertz CT molecular complexity index is 144. The fourth-order valence-electron chi connectivity index (χ4n) is 2.49. The van der Waals surface area contributed by atoms with Crippen LogP contribution < -0.4 is 5.32 Å². The van der Waals surface area contributed by atoms with Crippen LogP contribution in [0.1, 0.15) is 79.1 Å². The van der Waals surface area contributed by atoms with Crippen molar-refractivity contribution in [3.63, 3.8) is 0 Å². The van der Waals surface area contributed by atoms with E-state index < -0.39 is 0 Å². The van der Waals surface area contributed by atoms with Gasteiger partial charge in [0.25, 0.3) is 0 Å². The quantitative estimate of drug-likeness (QED) is 0.502. The normalized spacial score (nSPS) is 15.0. The van der Waals surface area contributed by atoms with E-state index >= 15 is 0 Å². The van der Waals surface area contributed by atoms with Crippen molar-refractivity contribution < 1.29 is 0 Å².